The van der Waals surface area contributed by atoms with Gasteiger partial charge in [-0.05, 0) is 24.3 Å². The average Bonchev–Trinajstić information content (AvgIpc) is 2.82. The van der Waals surface area contributed by atoms with Gasteiger partial charge < -0.3 is 10.5 Å². The maximum absolute atomic E-state index is 5.73. The molecule has 90 valence electrons. The third-order valence-electron chi connectivity index (χ3n) is 2.56. The summed E-state index contributed by atoms with van der Waals surface area (Å²) in [4.78, 5) is 4.27. The van der Waals surface area contributed by atoms with E-state index >= 15 is 0 Å². The first-order chi connectivity index (χ1) is 8.84. The highest BCUT2D eigenvalue weighted by atomic mass is 32.1. The third kappa shape index (κ3) is 1.98. The molecule has 0 aliphatic rings. The van der Waals surface area contributed by atoms with E-state index in [0.29, 0.717) is 17.3 Å². The molecule has 18 heavy (non-hydrogen) atoms. The van der Waals surface area contributed by atoms with Crippen LogP contribution in [0.1, 0.15) is 5.69 Å². The summed E-state index contributed by atoms with van der Waals surface area (Å²) in [6.07, 6.45) is 1.76. The quantitative estimate of drug-likeness (QED) is 0.780. The van der Waals surface area contributed by atoms with E-state index in [2.05, 4.69) is 14.6 Å². The van der Waals surface area contributed by atoms with Gasteiger partial charge in [-0.25, -0.2) is 0 Å². The van der Waals surface area contributed by atoms with Crippen LogP contribution in [-0.4, -0.2) is 14.6 Å². The average molecular weight is 258 g/mol. The molecule has 2 heterocycles. The fraction of sp³-hybridized carbons (Fsp3) is 0.0833. The molecule has 0 aliphatic carbocycles. The van der Waals surface area contributed by atoms with Crippen molar-refractivity contribution in [2.75, 3.05) is 5.73 Å². The van der Waals surface area contributed by atoms with Crippen molar-refractivity contribution < 1.29 is 4.74 Å². The Morgan fingerprint density at radius 2 is 2.17 bits per heavy atom. The Kier molecular flexibility index (Phi) is 2.77. The minimum Gasteiger partial charge on any atom is -0.486 e. The van der Waals surface area contributed by atoms with E-state index < -0.39 is 0 Å². The van der Waals surface area contributed by atoms with Gasteiger partial charge in [-0.2, -0.15) is 0 Å². The van der Waals surface area contributed by atoms with E-state index in [1.807, 2.05) is 30.3 Å². The second-order valence-electron chi connectivity index (χ2n) is 3.70. The fourth-order valence-corrected chi connectivity index (χ4v) is 2.10. The SMILES string of the molecule is Nc1snnc1COc1cccc2ncccc12. The summed E-state index contributed by atoms with van der Waals surface area (Å²) < 4.78 is 9.50. The molecule has 0 fully saturated rings. The van der Waals surface area contributed by atoms with Gasteiger partial charge in [0, 0.05) is 23.1 Å². The molecular weight excluding hydrogens is 248 g/mol. The number of ether oxygens (including phenoxy) is 1. The lowest BCUT2D eigenvalue weighted by Gasteiger charge is -2.07. The highest BCUT2D eigenvalue weighted by molar-refractivity contribution is 7.09. The number of hydrogen-bond donors (Lipinski definition) is 1. The predicted molar refractivity (Wildman–Crippen MR) is 70.4 cm³/mol. The topological polar surface area (TPSA) is 73.9 Å². The van der Waals surface area contributed by atoms with Gasteiger partial charge in [0.2, 0.25) is 0 Å². The van der Waals surface area contributed by atoms with Crippen LogP contribution in [0.5, 0.6) is 5.75 Å². The molecule has 1 aromatic carbocycles. The second kappa shape index (κ2) is 4.58. The van der Waals surface area contributed by atoms with Gasteiger partial charge in [-0.1, -0.05) is 10.6 Å². The van der Waals surface area contributed by atoms with E-state index in [1.54, 1.807) is 6.20 Å². The third-order valence-corrected chi connectivity index (χ3v) is 3.15. The minimum atomic E-state index is 0.316. The largest absolute Gasteiger partial charge is 0.486 e. The van der Waals surface area contributed by atoms with Crippen LogP contribution in [0.2, 0.25) is 0 Å². The first kappa shape index (κ1) is 10.9. The predicted octanol–water partition coefficient (Wildman–Crippen LogP) is 2.25. The molecule has 0 unspecified atom stereocenters. The molecule has 3 rings (SSSR count). The Labute approximate surface area is 107 Å². The van der Waals surface area contributed by atoms with E-state index in [9.17, 15) is 0 Å². The monoisotopic (exact) mass is 258 g/mol. The molecule has 0 amide bonds. The number of nitrogens with zero attached hydrogens (tertiary/aromatic N) is 3. The molecule has 0 saturated carbocycles. The molecule has 6 heteroatoms. The maximum Gasteiger partial charge on any atom is 0.136 e. The molecule has 0 atom stereocenters. The molecule has 5 nitrogen and oxygen atoms in total. The van der Waals surface area contributed by atoms with Crippen LogP contribution in [0.15, 0.2) is 36.5 Å². The summed E-state index contributed by atoms with van der Waals surface area (Å²) >= 11 is 1.17. The van der Waals surface area contributed by atoms with Gasteiger partial charge >= 0.3 is 0 Å². The molecular formula is C12H10N4OS. The lowest BCUT2D eigenvalue weighted by atomic mass is 10.2. The second-order valence-corrected chi connectivity index (χ2v) is 4.48. The standard InChI is InChI=1S/C12H10N4OS/c13-12-10(15-16-18-12)7-17-11-5-1-4-9-8(11)3-2-6-14-9/h1-6H,7,13H2. The summed E-state index contributed by atoms with van der Waals surface area (Å²) in [6.45, 7) is 0.316. The Balaban J connectivity index is 1.89. The highest BCUT2D eigenvalue weighted by Crippen LogP contribution is 2.25. The van der Waals surface area contributed by atoms with Crippen molar-refractivity contribution in [1.82, 2.24) is 14.6 Å². The summed E-state index contributed by atoms with van der Waals surface area (Å²) in [6, 6.07) is 9.61. The Hall–Kier alpha value is -2.21. The first-order valence-electron chi connectivity index (χ1n) is 5.38. The molecule has 2 aromatic heterocycles. The number of rotatable bonds is 3. The van der Waals surface area contributed by atoms with Crippen molar-refractivity contribution in [3.8, 4) is 5.75 Å². The summed E-state index contributed by atoms with van der Waals surface area (Å²) in [5.74, 6) is 0.771. The lowest BCUT2D eigenvalue weighted by Crippen LogP contribution is -1.99. The maximum atomic E-state index is 5.73. The van der Waals surface area contributed by atoms with Gasteiger partial charge in [-0.3, -0.25) is 4.98 Å². The molecule has 0 radical (unpaired) electrons. The number of nitrogens with two attached hydrogens (primary N) is 1. The van der Waals surface area contributed by atoms with Crippen LogP contribution in [-0.2, 0) is 6.61 Å². The van der Waals surface area contributed by atoms with Crippen LogP contribution in [0.25, 0.3) is 10.9 Å². The van der Waals surface area contributed by atoms with Crippen molar-refractivity contribution in [1.29, 1.82) is 0 Å². The summed E-state index contributed by atoms with van der Waals surface area (Å²) in [5.41, 5.74) is 7.29. The number of anilines is 1. The number of benzene rings is 1. The van der Waals surface area contributed by atoms with Gasteiger partial charge in [0.15, 0.2) is 0 Å². The number of nitrogen functional groups attached to an aromatic ring is 1. The zero-order chi connectivity index (χ0) is 12.4. The number of aromatic nitrogens is 3. The molecule has 3 aromatic rings. The van der Waals surface area contributed by atoms with Crippen molar-refractivity contribution in [2.24, 2.45) is 0 Å². The van der Waals surface area contributed by atoms with Crippen molar-refractivity contribution in [3.05, 3.63) is 42.2 Å². The van der Waals surface area contributed by atoms with Crippen LogP contribution < -0.4 is 10.5 Å². The number of pyridine rings is 1. The minimum absolute atomic E-state index is 0.316. The van der Waals surface area contributed by atoms with Crippen LogP contribution in [0.3, 0.4) is 0 Å². The lowest BCUT2D eigenvalue weighted by molar-refractivity contribution is 0.305. The zero-order valence-electron chi connectivity index (χ0n) is 9.41. The molecule has 2 N–H and O–H groups in total. The Morgan fingerprint density at radius 3 is 3.00 bits per heavy atom. The number of hydrogen-bond acceptors (Lipinski definition) is 6. The van der Waals surface area contributed by atoms with Crippen LogP contribution in [0.4, 0.5) is 5.00 Å². The Bertz CT molecular complexity index is 677. The van der Waals surface area contributed by atoms with Gasteiger partial charge in [0.25, 0.3) is 0 Å². The molecule has 0 bridgehead atoms. The van der Waals surface area contributed by atoms with E-state index in [1.165, 1.54) is 11.5 Å². The first-order valence-corrected chi connectivity index (χ1v) is 6.15. The molecule has 0 saturated heterocycles. The fourth-order valence-electron chi connectivity index (χ4n) is 1.66. The van der Waals surface area contributed by atoms with Gasteiger partial charge in [0.05, 0.1) is 5.52 Å². The van der Waals surface area contributed by atoms with E-state index in [-0.39, 0.29) is 0 Å². The molecule has 0 aliphatic heterocycles. The van der Waals surface area contributed by atoms with Gasteiger partial charge in [-0.15, -0.1) is 5.10 Å². The smallest absolute Gasteiger partial charge is 0.136 e. The van der Waals surface area contributed by atoms with Crippen LogP contribution >= 0.6 is 11.5 Å². The van der Waals surface area contributed by atoms with Crippen molar-refractivity contribution in [3.63, 3.8) is 0 Å². The van der Waals surface area contributed by atoms with E-state index in [0.717, 1.165) is 16.7 Å². The van der Waals surface area contributed by atoms with Gasteiger partial charge in [0.1, 0.15) is 23.1 Å². The summed E-state index contributed by atoms with van der Waals surface area (Å²) in [7, 11) is 0. The summed E-state index contributed by atoms with van der Waals surface area (Å²) in [5, 5.41) is 5.48. The van der Waals surface area contributed by atoms with E-state index in [4.69, 9.17) is 10.5 Å². The van der Waals surface area contributed by atoms with Crippen molar-refractivity contribution in [2.45, 2.75) is 6.61 Å². The number of fused-ring (bicyclic) bond motifs is 1. The van der Waals surface area contributed by atoms with Crippen LogP contribution in [0, 0.1) is 0 Å². The zero-order valence-corrected chi connectivity index (χ0v) is 10.2. The molecule has 0 spiro atoms. The Morgan fingerprint density at radius 1 is 1.22 bits per heavy atom. The normalized spacial score (nSPS) is 10.7. The highest BCUT2D eigenvalue weighted by Gasteiger charge is 2.07. The van der Waals surface area contributed by atoms with Crippen molar-refractivity contribution >= 4 is 27.4 Å².